The molecule has 1 atom stereocenters. The second-order valence-corrected chi connectivity index (χ2v) is 4.74. The van der Waals surface area contributed by atoms with Crippen LogP contribution < -0.4 is 10.6 Å². The number of aryl methyl sites for hydroxylation is 1. The maximum absolute atomic E-state index is 11.7. The van der Waals surface area contributed by atoms with Crippen molar-refractivity contribution < 1.29 is 14.7 Å². The number of rotatable bonds is 4. The summed E-state index contributed by atoms with van der Waals surface area (Å²) in [4.78, 5) is 22.5. The lowest BCUT2D eigenvalue weighted by Gasteiger charge is -2.15. The maximum Gasteiger partial charge on any atom is 0.326 e. The molecule has 5 nitrogen and oxygen atoms in total. The van der Waals surface area contributed by atoms with Crippen LogP contribution in [0.5, 0.6) is 0 Å². The smallest absolute Gasteiger partial charge is 0.326 e. The Morgan fingerprint density at radius 2 is 2.00 bits per heavy atom. The molecule has 0 spiro atoms. The number of hydrogen-bond donors (Lipinski definition) is 3. The van der Waals surface area contributed by atoms with Crippen molar-refractivity contribution in [2.24, 2.45) is 0 Å². The molecule has 0 aliphatic heterocycles. The standard InChI is InChI=1S/C12H14Cl2N2O3/c1-3-8(11(17)18)15-12(19)16-10-7(13)5-4-6(2)9(10)14/h4-5,8H,3H2,1-2H3,(H,17,18)(H2,15,16,19)/t8-/m1/s1. The topological polar surface area (TPSA) is 78.4 Å². The first-order chi connectivity index (χ1) is 8.86. The largest absolute Gasteiger partial charge is 0.480 e. The summed E-state index contributed by atoms with van der Waals surface area (Å²) in [6.45, 7) is 3.43. The van der Waals surface area contributed by atoms with Gasteiger partial charge in [0.2, 0.25) is 0 Å². The van der Waals surface area contributed by atoms with E-state index in [0.717, 1.165) is 5.56 Å². The Morgan fingerprint density at radius 1 is 1.37 bits per heavy atom. The number of nitrogens with one attached hydrogen (secondary N) is 2. The normalized spacial score (nSPS) is 11.8. The molecule has 0 aliphatic carbocycles. The van der Waals surface area contributed by atoms with Crippen LogP contribution >= 0.6 is 23.2 Å². The number of amides is 2. The van der Waals surface area contributed by atoms with Crippen LogP contribution in [0.3, 0.4) is 0 Å². The average Bonchev–Trinajstić information content (AvgIpc) is 2.36. The maximum atomic E-state index is 11.7. The molecule has 0 fully saturated rings. The zero-order chi connectivity index (χ0) is 14.6. The average molecular weight is 305 g/mol. The van der Waals surface area contributed by atoms with Crippen molar-refractivity contribution in [1.29, 1.82) is 0 Å². The molecule has 0 saturated heterocycles. The Hall–Kier alpha value is -1.46. The molecule has 3 N–H and O–H groups in total. The lowest BCUT2D eigenvalue weighted by molar-refractivity contribution is -0.139. The van der Waals surface area contributed by atoms with E-state index in [1.807, 2.05) is 0 Å². The first kappa shape index (κ1) is 15.6. The van der Waals surface area contributed by atoms with Gasteiger partial charge in [0.1, 0.15) is 6.04 Å². The van der Waals surface area contributed by atoms with Crippen molar-refractivity contribution >= 4 is 40.9 Å². The van der Waals surface area contributed by atoms with Crippen molar-refractivity contribution in [3.63, 3.8) is 0 Å². The van der Waals surface area contributed by atoms with Crippen LogP contribution in [0.1, 0.15) is 18.9 Å². The SMILES string of the molecule is CC[C@@H](NC(=O)Nc1c(Cl)ccc(C)c1Cl)C(=O)O. The molecule has 2 amide bonds. The third kappa shape index (κ3) is 4.01. The molecule has 0 bridgehead atoms. The van der Waals surface area contributed by atoms with Crippen LogP contribution in [-0.2, 0) is 4.79 Å². The van der Waals surface area contributed by atoms with Crippen LogP contribution in [0.25, 0.3) is 0 Å². The van der Waals surface area contributed by atoms with Crippen molar-refractivity contribution in [2.75, 3.05) is 5.32 Å². The van der Waals surface area contributed by atoms with Gasteiger partial charge in [0.15, 0.2) is 0 Å². The van der Waals surface area contributed by atoms with E-state index in [0.29, 0.717) is 5.02 Å². The summed E-state index contributed by atoms with van der Waals surface area (Å²) in [6, 6.07) is 1.71. The number of anilines is 1. The fraction of sp³-hybridized carbons (Fsp3) is 0.333. The quantitative estimate of drug-likeness (QED) is 0.798. The molecule has 0 aromatic heterocycles. The molecule has 104 valence electrons. The van der Waals surface area contributed by atoms with Crippen molar-refractivity contribution in [3.8, 4) is 0 Å². The molecule has 1 aromatic rings. The summed E-state index contributed by atoms with van der Waals surface area (Å²) in [6.07, 6.45) is 0.276. The predicted molar refractivity (Wildman–Crippen MR) is 75.1 cm³/mol. The summed E-state index contributed by atoms with van der Waals surface area (Å²) in [5.74, 6) is -1.10. The number of carboxylic acid groups (broad SMARTS) is 1. The van der Waals surface area contributed by atoms with E-state index in [1.54, 1.807) is 26.0 Å². The van der Waals surface area contributed by atoms with Gasteiger partial charge in [-0.15, -0.1) is 0 Å². The number of urea groups is 1. The lowest BCUT2D eigenvalue weighted by atomic mass is 10.2. The zero-order valence-corrected chi connectivity index (χ0v) is 12.0. The lowest BCUT2D eigenvalue weighted by Crippen LogP contribution is -2.42. The number of benzene rings is 1. The molecule has 0 saturated carbocycles. The van der Waals surface area contributed by atoms with Crippen molar-refractivity contribution in [1.82, 2.24) is 5.32 Å². The molecule has 0 unspecified atom stereocenters. The molecular weight excluding hydrogens is 291 g/mol. The van der Waals surface area contributed by atoms with E-state index in [1.165, 1.54) is 0 Å². The van der Waals surface area contributed by atoms with Gasteiger partial charge < -0.3 is 15.7 Å². The number of aliphatic carboxylic acids is 1. The van der Waals surface area contributed by atoms with E-state index in [4.69, 9.17) is 28.3 Å². The van der Waals surface area contributed by atoms with Crippen LogP contribution in [0, 0.1) is 6.92 Å². The minimum absolute atomic E-state index is 0.265. The van der Waals surface area contributed by atoms with Gasteiger partial charge in [-0.25, -0.2) is 9.59 Å². The van der Waals surface area contributed by atoms with Gasteiger partial charge in [0.25, 0.3) is 0 Å². The second-order valence-electron chi connectivity index (χ2n) is 3.95. The molecular formula is C12H14Cl2N2O3. The van der Waals surface area contributed by atoms with E-state index < -0.39 is 18.0 Å². The molecule has 1 aromatic carbocycles. The minimum atomic E-state index is -1.10. The van der Waals surface area contributed by atoms with E-state index in [-0.39, 0.29) is 17.1 Å². The van der Waals surface area contributed by atoms with E-state index in [2.05, 4.69) is 10.6 Å². The predicted octanol–water partition coefficient (Wildman–Crippen LogP) is 3.29. The highest BCUT2D eigenvalue weighted by atomic mass is 35.5. The van der Waals surface area contributed by atoms with Gasteiger partial charge in [-0.2, -0.15) is 0 Å². The van der Waals surface area contributed by atoms with Gasteiger partial charge in [0, 0.05) is 0 Å². The summed E-state index contributed by atoms with van der Waals surface area (Å²) in [7, 11) is 0. The third-order valence-corrected chi connectivity index (χ3v) is 3.34. The van der Waals surface area contributed by atoms with Crippen LogP contribution in [0.4, 0.5) is 10.5 Å². The molecule has 7 heteroatoms. The highest BCUT2D eigenvalue weighted by Crippen LogP contribution is 2.32. The highest BCUT2D eigenvalue weighted by Gasteiger charge is 2.19. The first-order valence-corrected chi connectivity index (χ1v) is 6.37. The molecule has 0 aliphatic rings. The first-order valence-electron chi connectivity index (χ1n) is 5.61. The number of hydrogen-bond acceptors (Lipinski definition) is 2. The monoisotopic (exact) mass is 304 g/mol. The fourth-order valence-electron chi connectivity index (χ4n) is 1.42. The van der Waals surface area contributed by atoms with E-state index in [9.17, 15) is 9.59 Å². The Morgan fingerprint density at radius 3 is 2.53 bits per heavy atom. The van der Waals surface area contributed by atoms with Gasteiger partial charge in [-0.05, 0) is 25.0 Å². The molecule has 19 heavy (non-hydrogen) atoms. The van der Waals surface area contributed by atoms with Crippen molar-refractivity contribution in [3.05, 3.63) is 27.7 Å². The Bertz CT molecular complexity index is 506. The summed E-state index contributed by atoms with van der Waals surface area (Å²) >= 11 is 12.0. The molecule has 0 heterocycles. The number of carbonyl (C=O) groups excluding carboxylic acids is 1. The highest BCUT2D eigenvalue weighted by molar-refractivity contribution is 6.40. The molecule has 1 rings (SSSR count). The van der Waals surface area contributed by atoms with Crippen LogP contribution in [0.15, 0.2) is 12.1 Å². The Labute approximate surface area is 120 Å². The van der Waals surface area contributed by atoms with Gasteiger partial charge in [-0.1, -0.05) is 36.2 Å². The minimum Gasteiger partial charge on any atom is -0.480 e. The van der Waals surface area contributed by atoms with Gasteiger partial charge in [0.05, 0.1) is 15.7 Å². The van der Waals surface area contributed by atoms with Crippen molar-refractivity contribution in [2.45, 2.75) is 26.3 Å². The second kappa shape index (κ2) is 6.63. The summed E-state index contributed by atoms with van der Waals surface area (Å²) < 4.78 is 0. The van der Waals surface area contributed by atoms with Crippen LogP contribution in [-0.4, -0.2) is 23.1 Å². The zero-order valence-electron chi connectivity index (χ0n) is 10.5. The van der Waals surface area contributed by atoms with E-state index >= 15 is 0 Å². The number of carbonyl (C=O) groups is 2. The number of halogens is 2. The summed E-state index contributed by atoms with van der Waals surface area (Å²) in [5, 5.41) is 14.2. The Balaban J connectivity index is 2.83. The van der Waals surface area contributed by atoms with Gasteiger partial charge >= 0.3 is 12.0 Å². The summed E-state index contributed by atoms with van der Waals surface area (Å²) in [5.41, 5.74) is 1.02. The third-order valence-electron chi connectivity index (χ3n) is 2.53. The van der Waals surface area contributed by atoms with Crippen LogP contribution in [0.2, 0.25) is 10.0 Å². The molecule has 0 radical (unpaired) electrons. The van der Waals surface area contributed by atoms with Gasteiger partial charge in [-0.3, -0.25) is 0 Å². The fourth-order valence-corrected chi connectivity index (χ4v) is 1.88. The number of carboxylic acids is 1. The Kier molecular flexibility index (Phi) is 5.44.